The van der Waals surface area contributed by atoms with Gasteiger partial charge in [0.25, 0.3) is 5.91 Å². The maximum atomic E-state index is 13.3. The molecule has 0 unspecified atom stereocenters. The molecule has 1 fully saturated rings. The number of hydrogen-bond acceptors (Lipinski definition) is 6. The van der Waals surface area contributed by atoms with Crippen LogP contribution in [-0.4, -0.2) is 47.9 Å². The molecule has 2 aromatic rings. The van der Waals surface area contributed by atoms with Crippen molar-refractivity contribution in [3.8, 4) is 0 Å². The fourth-order valence-electron chi connectivity index (χ4n) is 4.16. The molecular formula is C22H27N5O2. The van der Waals surface area contributed by atoms with E-state index in [0.29, 0.717) is 28.7 Å². The Balaban J connectivity index is 1.52. The number of hydrogen-bond donors (Lipinski definition) is 2. The molecule has 0 aliphatic carbocycles. The van der Waals surface area contributed by atoms with Crippen LogP contribution in [0.1, 0.15) is 36.0 Å². The van der Waals surface area contributed by atoms with Crippen molar-refractivity contribution in [2.75, 3.05) is 36.4 Å². The number of likely N-dealkylation sites (tertiary alicyclic amines) is 1. The largest absolute Gasteiger partial charge is 0.338 e. The number of benzene rings is 1. The highest BCUT2D eigenvalue weighted by atomic mass is 16.2. The molecule has 29 heavy (non-hydrogen) atoms. The lowest BCUT2D eigenvalue weighted by Gasteiger charge is -2.32. The Labute approximate surface area is 170 Å². The first-order chi connectivity index (χ1) is 14.2. The van der Waals surface area contributed by atoms with Crippen LogP contribution in [0, 0.1) is 5.92 Å². The molecule has 7 nitrogen and oxygen atoms in total. The number of para-hydroxylation sites is 1. The molecule has 3 heterocycles. The van der Waals surface area contributed by atoms with Crippen LogP contribution in [0.3, 0.4) is 0 Å². The summed E-state index contributed by atoms with van der Waals surface area (Å²) in [4.78, 5) is 34.3. The van der Waals surface area contributed by atoms with Crippen LogP contribution in [-0.2, 0) is 4.79 Å². The molecule has 1 saturated heterocycles. The number of nitrogens with one attached hydrogen (secondary N) is 1. The number of aromatic nitrogens is 1. The molecule has 7 heteroatoms. The third-order valence-electron chi connectivity index (χ3n) is 5.77. The lowest BCUT2D eigenvalue weighted by atomic mass is 9.92. The van der Waals surface area contributed by atoms with Crippen LogP contribution in [0.2, 0.25) is 0 Å². The molecule has 0 atom stereocenters. The van der Waals surface area contributed by atoms with E-state index in [0.717, 1.165) is 45.3 Å². The predicted octanol–water partition coefficient (Wildman–Crippen LogP) is 2.76. The van der Waals surface area contributed by atoms with Gasteiger partial charge in [-0.1, -0.05) is 12.1 Å². The predicted molar refractivity (Wildman–Crippen MR) is 113 cm³/mol. The summed E-state index contributed by atoms with van der Waals surface area (Å²) in [5.74, 6) is 0.663. The van der Waals surface area contributed by atoms with Gasteiger partial charge in [0.05, 0.1) is 23.5 Å². The van der Waals surface area contributed by atoms with E-state index in [1.54, 1.807) is 30.5 Å². The highest BCUT2D eigenvalue weighted by Crippen LogP contribution is 2.34. The number of nitrogens with two attached hydrogens (primary N) is 1. The minimum atomic E-state index is -0.317. The zero-order chi connectivity index (χ0) is 20.2. The number of nitrogens with zero attached hydrogens (tertiary/aromatic N) is 3. The summed E-state index contributed by atoms with van der Waals surface area (Å²) in [6.45, 7) is 2.71. The minimum Gasteiger partial charge on any atom is -0.338 e. The standard InChI is InChI=1S/C22H27N5O2/c23-11-3-5-16-9-13-26(14-10-16)15-20(28)27-19-8-4-12-24-21(19)25-18-7-2-1-6-17(18)22(27)29/h1-2,4,6-8,12,16H,3,5,9-11,13-15,23H2,(H,24,25). The van der Waals surface area contributed by atoms with Gasteiger partial charge < -0.3 is 11.1 Å². The number of anilines is 3. The number of fused-ring (bicyclic) bond motifs is 2. The average Bonchev–Trinajstić information content (AvgIpc) is 2.87. The van der Waals surface area contributed by atoms with Gasteiger partial charge in [0.1, 0.15) is 0 Å². The fraction of sp³-hybridized carbons (Fsp3) is 0.409. The number of amides is 2. The lowest BCUT2D eigenvalue weighted by molar-refractivity contribution is -0.119. The van der Waals surface area contributed by atoms with Gasteiger partial charge >= 0.3 is 0 Å². The number of carbonyl (C=O) groups excluding carboxylic acids is 2. The van der Waals surface area contributed by atoms with E-state index in [-0.39, 0.29) is 18.4 Å². The lowest BCUT2D eigenvalue weighted by Crippen LogP contribution is -2.46. The summed E-state index contributed by atoms with van der Waals surface area (Å²) < 4.78 is 0. The first kappa shape index (κ1) is 19.5. The maximum absolute atomic E-state index is 13.3. The van der Waals surface area contributed by atoms with Crippen molar-refractivity contribution in [2.45, 2.75) is 25.7 Å². The van der Waals surface area contributed by atoms with E-state index in [1.807, 2.05) is 12.1 Å². The van der Waals surface area contributed by atoms with Gasteiger partial charge in [0.15, 0.2) is 5.82 Å². The third-order valence-corrected chi connectivity index (χ3v) is 5.77. The summed E-state index contributed by atoms with van der Waals surface area (Å²) in [7, 11) is 0. The first-order valence-corrected chi connectivity index (χ1v) is 10.3. The summed E-state index contributed by atoms with van der Waals surface area (Å²) in [5, 5.41) is 3.20. The second-order valence-corrected chi connectivity index (χ2v) is 7.73. The highest BCUT2D eigenvalue weighted by molar-refractivity contribution is 6.25. The molecule has 4 rings (SSSR count). The van der Waals surface area contributed by atoms with E-state index in [4.69, 9.17) is 5.73 Å². The van der Waals surface area contributed by atoms with E-state index in [1.165, 1.54) is 4.90 Å². The van der Waals surface area contributed by atoms with Gasteiger partial charge in [-0.25, -0.2) is 9.88 Å². The molecule has 2 aliphatic heterocycles. The molecule has 3 N–H and O–H groups in total. The van der Waals surface area contributed by atoms with Crippen LogP contribution >= 0.6 is 0 Å². The molecule has 0 saturated carbocycles. The summed E-state index contributed by atoms with van der Waals surface area (Å²) in [6, 6.07) is 10.7. The number of rotatable bonds is 5. The zero-order valence-corrected chi connectivity index (χ0v) is 16.5. The van der Waals surface area contributed by atoms with Gasteiger partial charge in [-0.3, -0.25) is 14.5 Å². The number of imide groups is 1. The van der Waals surface area contributed by atoms with E-state index < -0.39 is 0 Å². The van der Waals surface area contributed by atoms with Crippen molar-refractivity contribution >= 4 is 29.0 Å². The third kappa shape index (κ3) is 4.16. The Hall–Kier alpha value is -2.77. The second kappa shape index (κ2) is 8.71. The molecule has 0 bridgehead atoms. The Bertz CT molecular complexity index is 892. The van der Waals surface area contributed by atoms with Gasteiger partial charge in [-0.05, 0) is 75.5 Å². The number of carbonyl (C=O) groups is 2. The SMILES string of the molecule is NCCCC1CCN(CC(=O)N2C(=O)c3ccccc3Nc3ncccc32)CC1. The van der Waals surface area contributed by atoms with Gasteiger partial charge in [0, 0.05) is 6.20 Å². The molecule has 2 aliphatic rings. The van der Waals surface area contributed by atoms with Crippen LogP contribution in [0.25, 0.3) is 0 Å². The Kier molecular flexibility index (Phi) is 5.87. The number of pyridine rings is 1. The molecule has 0 spiro atoms. The maximum Gasteiger partial charge on any atom is 0.267 e. The highest BCUT2D eigenvalue weighted by Gasteiger charge is 2.33. The van der Waals surface area contributed by atoms with E-state index in [9.17, 15) is 9.59 Å². The number of piperidine rings is 1. The van der Waals surface area contributed by atoms with Crippen molar-refractivity contribution in [3.63, 3.8) is 0 Å². The Morgan fingerprint density at radius 1 is 1.17 bits per heavy atom. The Morgan fingerprint density at radius 2 is 1.97 bits per heavy atom. The van der Waals surface area contributed by atoms with Crippen LogP contribution in [0.15, 0.2) is 42.6 Å². The summed E-state index contributed by atoms with van der Waals surface area (Å²) in [6.07, 6.45) is 6.01. The fourth-order valence-corrected chi connectivity index (χ4v) is 4.16. The Morgan fingerprint density at radius 3 is 2.76 bits per heavy atom. The van der Waals surface area contributed by atoms with Crippen LogP contribution in [0.5, 0.6) is 0 Å². The van der Waals surface area contributed by atoms with Crippen LogP contribution < -0.4 is 16.0 Å². The summed E-state index contributed by atoms with van der Waals surface area (Å²) >= 11 is 0. The molecule has 2 amide bonds. The van der Waals surface area contributed by atoms with Crippen molar-refractivity contribution in [1.82, 2.24) is 9.88 Å². The van der Waals surface area contributed by atoms with Crippen molar-refractivity contribution < 1.29 is 9.59 Å². The van der Waals surface area contributed by atoms with Crippen molar-refractivity contribution in [2.24, 2.45) is 11.7 Å². The smallest absolute Gasteiger partial charge is 0.267 e. The van der Waals surface area contributed by atoms with Crippen LogP contribution in [0.4, 0.5) is 17.2 Å². The average molecular weight is 393 g/mol. The molecule has 1 aromatic heterocycles. The van der Waals surface area contributed by atoms with E-state index >= 15 is 0 Å². The van der Waals surface area contributed by atoms with E-state index in [2.05, 4.69) is 15.2 Å². The minimum absolute atomic E-state index is 0.219. The molecule has 152 valence electrons. The quantitative estimate of drug-likeness (QED) is 0.812. The summed E-state index contributed by atoms with van der Waals surface area (Å²) in [5.41, 5.74) is 7.25. The molecule has 1 aromatic carbocycles. The normalized spacial score (nSPS) is 17.3. The van der Waals surface area contributed by atoms with Gasteiger partial charge in [-0.2, -0.15) is 0 Å². The molecule has 0 radical (unpaired) electrons. The zero-order valence-electron chi connectivity index (χ0n) is 16.5. The first-order valence-electron chi connectivity index (χ1n) is 10.3. The van der Waals surface area contributed by atoms with Gasteiger partial charge in [0.2, 0.25) is 5.91 Å². The second-order valence-electron chi connectivity index (χ2n) is 7.73. The van der Waals surface area contributed by atoms with Gasteiger partial charge in [-0.15, -0.1) is 0 Å². The molecular weight excluding hydrogens is 366 g/mol. The topological polar surface area (TPSA) is 91.6 Å². The van der Waals surface area contributed by atoms with Crippen molar-refractivity contribution in [3.05, 3.63) is 48.2 Å². The van der Waals surface area contributed by atoms with Crippen molar-refractivity contribution in [1.29, 1.82) is 0 Å². The monoisotopic (exact) mass is 393 g/mol.